The van der Waals surface area contributed by atoms with E-state index in [1.165, 1.54) is 4.31 Å². The van der Waals surface area contributed by atoms with Crippen LogP contribution in [0, 0.1) is 0 Å². The number of aryl methyl sites for hydroxylation is 1. The second-order valence-electron chi connectivity index (χ2n) is 7.44. The summed E-state index contributed by atoms with van der Waals surface area (Å²) in [6, 6.07) is 12.1. The third kappa shape index (κ3) is 4.76. The SMILES string of the molecule is C[C@H](NC(=O)CCc1ccc(S(=O)(=O)N2CCOCC2)cc1)c1nnc2ccccn12. The van der Waals surface area contributed by atoms with Crippen LogP contribution < -0.4 is 5.32 Å². The lowest BCUT2D eigenvalue weighted by Gasteiger charge is -2.26. The van der Waals surface area contributed by atoms with Crippen molar-refractivity contribution < 1.29 is 17.9 Å². The van der Waals surface area contributed by atoms with Crippen molar-refractivity contribution in [2.75, 3.05) is 26.3 Å². The van der Waals surface area contributed by atoms with Crippen molar-refractivity contribution in [2.45, 2.75) is 30.7 Å². The van der Waals surface area contributed by atoms with Crippen molar-refractivity contribution in [2.24, 2.45) is 0 Å². The van der Waals surface area contributed by atoms with Crippen molar-refractivity contribution in [1.29, 1.82) is 0 Å². The largest absolute Gasteiger partial charge is 0.379 e. The molecule has 1 fully saturated rings. The Hall–Kier alpha value is -2.82. The van der Waals surface area contributed by atoms with Crippen LogP contribution in [0.1, 0.15) is 30.8 Å². The Morgan fingerprint density at radius 3 is 2.61 bits per heavy atom. The Labute approximate surface area is 181 Å². The number of hydrogen-bond acceptors (Lipinski definition) is 6. The van der Waals surface area contributed by atoms with Gasteiger partial charge in [0.15, 0.2) is 11.5 Å². The van der Waals surface area contributed by atoms with E-state index in [0.29, 0.717) is 38.5 Å². The molecule has 1 atom stereocenters. The van der Waals surface area contributed by atoms with Crippen LogP contribution in [0.25, 0.3) is 5.65 Å². The summed E-state index contributed by atoms with van der Waals surface area (Å²) in [5.41, 5.74) is 1.63. The minimum atomic E-state index is -3.51. The van der Waals surface area contributed by atoms with E-state index < -0.39 is 10.0 Å². The van der Waals surface area contributed by atoms with Gasteiger partial charge in [-0.25, -0.2) is 8.42 Å². The number of rotatable bonds is 7. The average molecular weight is 444 g/mol. The lowest BCUT2D eigenvalue weighted by molar-refractivity contribution is -0.121. The average Bonchev–Trinajstić information content (AvgIpc) is 3.23. The molecule has 1 aliphatic heterocycles. The molecule has 0 unspecified atom stereocenters. The highest BCUT2D eigenvalue weighted by molar-refractivity contribution is 7.89. The van der Waals surface area contributed by atoms with E-state index in [0.717, 1.165) is 11.2 Å². The molecule has 10 heteroatoms. The van der Waals surface area contributed by atoms with Crippen molar-refractivity contribution in [1.82, 2.24) is 24.2 Å². The van der Waals surface area contributed by atoms with Gasteiger partial charge in [0.2, 0.25) is 15.9 Å². The molecule has 0 saturated carbocycles. The Morgan fingerprint density at radius 1 is 1.13 bits per heavy atom. The minimum absolute atomic E-state index is 0.106. The van der Waals surface area contributed by atoms with Gasteiger partial charge in [0.25, 0.3) is 0 Å². The molecular weight excluding hydrogens is 418 g/mol. The molecule has 0 aliphatic carbocycles. The van der Waals surface area contributed by atoms with Gasteiger partial charge in [-0.2, -0.15) is 4.31 Å². The van der Waals surface area contributed by atoms with Gasteiger partial charge in [-0.3, -0.25) is 9.20 Å². The molecular formula is C21H25N5O4S. The number of morpholine rings is 1. The zero-order valence-electron chi connectivity index (χ0n) is 17.3. The highest BCUT2D eigenvalue weighted by Gasteiger charge is 2.26. The number of aromatic nitrogens is 3. The van der Waals surface area contributed by atoms with Crippen molar-refractivity contribution >= 4 is 21.6 Å². The predicted molar refractivity (Wildman–Crippen MR) is 114 cm³/mol. The first kappa shape index (κ1) is 21.4. The van der Waals surface area contributed by atoms with Crippen LogP contribution in [0.3, 0.4) is 0 Å². The molecule has 2 aromatic heterocycles. The maximum atomic E-state index is 12.7. The number of sulfonamides is 1. The molecule has 0 spiro atoms. The van der Waals surface area contributed by atoms with E-state index in [2.05, 4.69) is 15.5 Å². The number of nitrogens with one attached hydrogen (secondary N) is 1. The smallest absolute Gasteiger partial charge is 0.243 e. The Morgan fingerprint density at radius 2 is 1.87 bits per heavy atom. The van der Waals surface area contributed by atoms with Gasteiger partial charge in [-0.05, 0) is 43.2 Å². The molecule has 1 N–H and O–H groups in total. The molecule has 1 aromatic carbocycles. The van der Waals surface area contributed by atoms with Gasteiger partial charge in [0, 0.05) is 25.7 Å². The normalized spacial score (nSPS) is 16.3. The van der Waals surface area contributed by atoms with E-state index in [1.807, 2.05) is 35.7 Å². The Bertz CT molecular complexity index is 1150. The molecule has 31 heavy (non-hydrogen) atoms. The van der Waals surface area contributed by atoms with E-state index in [-0.39, 0.29) is 23.3 Å². The summed E-state index contributed by atoms with van der Waals surface area (Å²) in [6.45, 7) is 3.42. The van der Waals surface area contributed by atoms with Crippen LogP contribution in [0.2, 0.25) is 0 Å². The van der Waals surface area contributed by atoms with E-state index in [4.69, 9.17) is 4.74 Å². The quantitative estimate of drug-likeness (QED) is 0.594. The van der Waals surface area contributed by atoms with Crippen LogP contribution in [0.15, 0.2) is 53.6 Å². The summed E-state index contributed by atoms with van der Waals surface area (Å²) in [6.07, 6.45) is 2.66. The maximum absolute atomic E-state index is 12.7. The lowest BCUT2D eigenvalue weighted by atomic mass is 10.1. The number of benzene rings is 1. The number of fused-ring (bicyclic) bond motifs is 1. The molecule has 0 bridgehead atoms. The van der Waals surface area contributed by atoms with E-state index >= 15 is 0 Å². The molecule has 3 aromatic rings. The van der Waals surface area contributed by atoms with E-state index in [9.17, 15) is 13.2 Å². The van der Waals surface area contributed by atoms with Gasteiger partial charge in [-0.1, -0.05) is 18.2 Å². The number of carbonyl (C=O) groups excluding carboxylic acids is 1. The summed E-state index contributed by atoms with van der Waals surface area (Å²) in [5, 5.41) is 11.2. The molecule has 0 radical (unpaired) electrons. The predicted octanol–water partition coefficient (Wildman–Crippen LogP) is 1.56. The summed E-state index contributed by atoms with van der Waals surface area (Å²) in [4.78, 5) is 12.7. The van der Waals surface area contributed by atoms with Gasteiger partial charge >= 0.3 is 0 Å². The van der Waals surface area contributed by atoms with Gasteiger partial charge in [0.05, 0.1) is 24.2 Å². The fourth-order valence-corrected chi connectivity index (χ4v) is 4.96. The summed E-state index contributed by atoms with van der Waals surface area (Å²) >= 11 is 0. The van der Waals surface area contributed by atoms with Gasteiger partial charge < -0.3 is 10.1 Å². The second-order valence-corrected chi connectivity index (χ2v) is 9.37. The fraction of sp³-hybridized carbons (Fsp3) is 0.381. The zero-order chi connectivity index (χ0) is 21.8. The third-order valence-corrected chi connectivity index (χ3v) is 7.19. The first-order valence-electron chi connectivity index (χ1n) is 10.2. The molecule has 1 amide bonds. The number of pyridine rings is 1. The van der Waals surface area contributed by atoms with Crippen LogP contribution in [0.4, 0.5) is 0 Å². The zero-order valence-corrected chi connectivity index (χ0v) is 18.1. The standard InChI is InChI=1S/C21H25N5O4S/c1-16(21-24-23-19-4-2-3-11-26(19)21)22-20(27)10-7-17-5-8-18(9-6-17)31(28,29)25-12-14-30-15-13-25/h2-6,8-9,11,16H,7,10,12-15H2,1H3,(H,22,27)/t16-/m0/s1. The van der Waals surface area contributed by atoms with Crippen LogP contribution >= 0.6 is 0 Å². The van der Waals surface area contributed by atoms with Crippen LogP contribution in [-0.2, 0) is 26.0 Å². The lowest BCUT2D eigenvalue weighted by Crippen LogP contribution is -2.40. The van der Waals surface area contributed by atoms with Crippen LogP contribution in [0.5, 0.6) is 0 Å². The highest BCUT2D eigenvalue weighted by atomic mass is 32.2. The van der Waals surface area contributed by atoms with Crippen molar-refractivity contribution in [3.63, 3.8) is 0 Å². The maximum Gasteiger partial charge on any atom is 0.243 e. The van der Waals surface area contributed by atoms with Gasteiger partial charge in [0.1, 0.15) is 0 Å². The molecule has 4 rings (SSSR count). The first-order valence-corrected chi connectivity index (χ1v) is 11.6. The monoisotopic (exact) mass is 443 g/mol. The topological polar surface area (TPSA) is 106 Å². The molecule has 3 heterocycles. The number of ether oxygens (including phenoxy) is 1. The Kier molecular flexibility index (Phi) is 6.30. The van der Waals surface area contributed by atoms with Crippen molar-refractivity contribution in [3.8, 4) is 0 Å². The van der Waals surface area contributed by atoms with E-state index in [1.54, 1.807) is 24.3 Å². The number of hydrogen-bond donors (Lipinski definition) is 1. The fourth-order valence-electron chi connectivity index (χ4n) is 3.56. The number of nitrogens with zero attached hydrogens (tertiary/aromatic N) is 4. The van der Waals surface area contributed by atoms with Gasteiger partial charge in [-0.15, -0.1) is 10.2 Å². The molecule has 1 saturated heterocycles. The minimum Gasteiger partial charge on any atom is -0.379 e. The third-order valence-electron chi connectivity index (χ3n) is 5.28. The molecule has 9 nitrogen and oxygen atoms in total. The second kappa shape index (κ2) is 9.13. The molecule has 164 valence electrons. The highest BCUT2D eigenvalue weighted by Crippen LogP contribution is 2.18. The summed E-state index contributed by atoms with van der Waals surface area (Å²) < 4.78 is 33.9. The van der Waals surface area contributed by atoms with Crippen molar-refractivity contribution in [3.05, 3.63) is 60.0 Å². The van der Waals surface area contributed by atoms with Crippen LogP contribution in [-0.4, -0.2) is 59.5 Å². The Balaban J connectivity index is 1.33. The molecule has 1 aliphatic rings. The summed E-state index contributed by atoms with van der Waals surface area (Å²) in [7, 11) is -3.51. The number of amides is 1. The summed E-state index contributed by atoms with van der Waals surface area (Å²) in [5.74, 6) is 0.562. The number of carbonyl (C=O) groups is 1. The first-order chi connectivity index (χ1) is 14.9.